The van der Waals surface area contributed by atoms with E-state index in [4.69, 9.17) is 23.2 Å². The van der Waals surface area contributed by atoms with Crippen molar-refractivity contribution in [1.29, 1.82) is 0 Å². The molecule has 0 heterocycles. The van der Waals surface area contributed by atoms with Gasteiger partial charge in [0.2, 0.25) is 10.0 Å². The maximum Gasteiger partial charge on any atom is 0.253 e. The van der Waals surface area contributed by atoms with Crippen LogP contribution in [0.25, 0.3) is 0 Å². The fraction of sp³-hybridized carbons (Fsp3) is 0.316. The largest absolute Gasteiger partial charge is 0.345 e. The van der Waals surface area contributed by atoms with Crippen LogP contribution in [0, 0.1) is 5.82 Å². The Morgan fingerprint density at radius 3 is 2.32 bits per heavy atom. The molecule has 0 aliphatic carbocycles. The number of benzene rings is 2. The number of carbonyl (C=O) groups excluding carboxylic acids is 1. The number of rotatable bonds is 7. The molecule has 0 saturated heterocycles. The van der Waals surface area contributed by atoms with E-state index in [-0.39, 0.29) is 20.5 Å². The third kappa shape index (κ3) is 4.84. The fourth-order valence-electron chi connectivity index (χ4n) is 2.69. The molecule has 0 bridgehead atoms. The summed E-state index contributed by atoms with van der Waals surface area (Å²) >= 11 is 11.9. The first-order valence-corrected chi connectivity index (χ1v) is 10.9. The topological polar surface area (TPSA) is 66.5 Å². The van der Waals surface area contributed by atoms with Crippen molar-refractivity contribution in [2.75, 3.05) is 13.1 Å². The van der Waals surface area contributed by atoms with Gasteiger partial charge in [0.05, 0.1) is 26.5 Å². The number of hydrogen-bond donors (Lipinski definition) is 1. The monoisotopic (exact) mass is 446 g/mol. The Bertz CT molecular complexity index is 979. The van der Waals surface area contributed by atoms with Gasteiger partial charge < -0.3 is 5.32 Å². The van der Waals surface area contributed by atoms with Gasteiger partial charge in [-0.2, -0.15) is 4.31 Å². The molecule has 28 heavy (non-hydrogen) atoms. The number of hydrogen-bond acceptors (Lipinski definition) is 3. The van der Waals surface area contributed by atoms with E-state index in [1.807, 2.05) is 0 Å². The quantitative estimate of drug-likeness (QED) is 0.672. The summed E-state index contributed by atoms with van der Waals surface area (Å²) in [6.45, 7) is 5.79. The molecule has 0 aliphatic rings. The van der Waals surface area contributed by atoms with Crippen LogP contribution >= 0.6 is 23.2 Å². The van der Waals surface area contributed by atoms with Crippen molar-refractivity contribution < 1.29 is 17.6 Å². The Hall–Kier alpha value is -1.67. The molecule has 0 fully saturated rings. The molecule has 5 nitrogen and oxygen atoms in total. The van der Waals surface area contributed by atoms with Crippen molar-refractivity contribution in [1.82, 2.24) is 9.62 Å². The molecule has 0 spiro atoms. The Morgan fingerprint density at radius 1 is 1.11 bits per heavy atom. The average molecular weight is 447 g/mol. The molecule has 0 aromatic heterocycles. The predicted octanol–water partition coefficient (Wildman–Crippen LogP) is 4.65. The van der Waals surface area contributed by atoms with Crippen LogP contribution in [0.1, 0.15) is 42.7 Å². The van der Waals surface area contributed by atoms with Crippen LogP contribution in [0.4, 0.5) is 4.39 Å². The van der Waals surface area contributed by atoms with E-state index in [0.717, 1.165) is 0 Å². The number of carbonyl (C=O) groups is 1. The van der Waals surface area contributed by atoms with Gasteiger partial charge in [-0.05, 0) is 42.8 Å². The highest BCUT2D eigenvalue weighted by Crippen LogP contribution is 2.25. The number of nitrogens with one attached hydrogen (secondary N) is 1. The van der Waals surface area contributed by atoms with Crippen LogP contribution in [-0.4, -0.2) is 31.7 Å². The molecule has 2 aromatic rings. The van der Waals surface area contributed by atoms with Gasteiger partial charge in [0.15, 0.2) is 0 Å². The summed E-state index contributed by atoms with van der Waals surface area (Å²) in [6, 6.07) is 7.66. The zero-order valence-electron chi connectivity index (χ0n) is 15.7. The van der Waals surface area contributed by atoms with Crippen molar-refractivity contribution in [3.8, 4) is 0 Å². The van der Waals surface area contributed by atoms with Crippen molar-refractivity contribution in [3.05, 3.63) is 63.4 Å². The molecule has 2 rings (SSSR count). The van der Waals surface area contributed by atoms with Gasteiger partial charge in [-0.3, -0.25) is 4.79 Å². The third-order valence-electron chi connectivity index (χ3n) is 4.32. The highest BCUT2D eigenvalue weighted by atomic mass is 35.5. The van der Waals surface area contributed by atoms with Crippen LogP contribution < -0.4 is 5.32 Å². The maximum atomic E-state index is 13.3. The lowest BCUT2D eigenvalue weighted by atomic mass is 10.1. The van der Waals surface area contributed by atoms with Gasteiger partial charge in [0, 0.05) is 13.1 Å². The van der Waals surface area contributed by atoms with Crippen molar-refractivity contribution in [2.24, 2.45) is 0 Å². The first-order chi connectivity index (χ1) is 13.1. The SMILES string of the molecule is CCN(CC)S(=O)(=O)c1ccc(Cl)c(C(=O)NC(C)c2ccc(F)c(Cl)c2)c1. The van der Waals surface area contributed by atoms with E-state index in [1.165, 1.54) is 40.7 Å². The highest BCUT2D eigenvalue weighted by Gasteiger charge is 2.24. The Labute approximate surface area is 174 Å². The molecular weight excluding hydrogens is 426 g/mol. The molecule has 0 saturated carbocycles. The molecule has 9 heteroatoms. The molecule has 0 aliphatic heterocycles. The van der Waals surface area contributed by atoms with E-state index in [1.54, 1.807) is 20.8 Å². The average Bonchev–Trinajstić information content (AvgIpc) is 2.64. The second kappa shape index (κ2) is 9.22. The van der Waals surface area contributed by atoms with Crippen LogP contribution in [0.2, 0.25) is 10.0 Å². The van der Waals surface area contributed by atoms with E-state index < -0.39 is 27.8 Å². The van der Waals surface area contributed by atoms with Crippen LogP contribution in [0.15, 0.2) is 41.3 Å². The van der Waals surface area contributed by atoms with Gasteiger partial charge >= 0.3 is 0 Å². The van der Waals surface area contributed by atoms with E-state index >= 15 is 0 Å². The minimum atomic E-state index is -3.73. The van der Waals surface area contributed by atoms with Crippen LogP contribution in [0.3, 0.4) is 0 Å². The van der Waals surface area contributed by atoms with E-state index in [0.29, 0.717) is 18.7 Å². The molecule has 1 atom stereocenters. The summed E-state index contributed by atoms with van der Waals surface area (Å²) in [5.41, 5.74) is 0.637. The smallest absolute Gasteiger partial charge is 0.253 e. The Balaban J connectivity index is 2.31. The lowest BCUT2D eigenvalue weighted by Gasteiger charge is -2.19. The summed E-state index contributed by atoms with van der Waals surface area (Å²) in [5, 5.41) is 2.80. The van der Waals surface area contributed by atoms with Gasteiger partial charge in [-0.25, -0.2) is 12.8 Å². The second-order valence-corrected chi connectivity index (χ2v) is 8.85. The molecular formula is C19H21Cl2FN2O3S. The first kappa shape index (κ1) is 22.6. The summed E-state index contributed by atoms with van der Waals surface area (Å²) in [6.07, 6.45) is 0. The number of nitrogens with zero attached hydrogens (tertiary/aromatic N) is 1. The maximum absolute atomic E-state index is 13.3. The number of amides is 1. The summed E-state index contributed by atoms with van der Waals surface area (Å²) in [4.78, 5) is 12.7. The van der Waals surface area contributed by atoms with Gasteiger partial charge in [0.25, 0.3) is 5.91 Å². The zero-order valence-corrected chi connectivity index (χ0v) is 18.0. The van der Waals surface area contributed by atoms with Crippen molar-refractivity contribution in [3.63, 3.8) is 0 Å². The second-order valence-electron chi connectivity index (χ2n) is 6.10. The highest BCUT2D eigenvalue weighted by molar-refractivity contribution is 7.89. The number of sulfonamides is 1. The minimum Gasteiger partial charge on any atom is -0.345 e. The van der Waals surface area contributed by atoms with Crippen LogP contribution in [-0.2, 0) is 10.0 Å². The van der Waals surface area contributed by atoms with Gasteiger partial charge in [-0.15, -0.1) is 0 Å². The molecule has 152 valence electrons. The van der Waals surface area contributed by atoms with Crippen molar-refractivity contribution >= 4 is 39.1 Å². The Morgan fingerprint density at radius 2 is 1.75 bits per heavy atom. The third-order valence-corrected chi connectivity index (χ3v) is 6.98. The summed E-state index contributed by atoms with van der Waals surface area (Å²) < 4.78 is 40.0. The summed E-state index contributed by atoms with van der Waals surface area (Å²) in [5.74, 6) is -1.10. The summed E-state index contributed by atoms with van der Waals surface area (Å²) in [7, 11) is -3.73. The van der Waals surface area contributed by atoms with E-state index in [2.05, 4.69) is 5.32 Å². The van der Waals surface area contributed by atoms with Crippen LogP contribution in [0.5, 0.6) is 0 Å². The van der Waals surface area contributed by atoms with Gasteiger partial charge in [-0.1, -0.05) is 43.1 Å². The normalized spacial score (nSPS) is 12.8. The lowest BCUT2D eigenvalue weighted by Crippen LogP contribution is -2.31. The zero-order chi connectivity index (χ0) is 21.1. The fourth-order valence-corrected chi connectivity index (χ4v) is 4.57. The first-order valence-electron chi connectivity index (χ1n) is 8.67. The minimum absolute atomic E-state index is 0.0109. The molecule has 0 radical (unpaired) electrons. The molecule has 2 aromatic carbocycles. The molecule has 1 N–H and O–H groups in total. The van der Waals surface area contributed by atoms with Crippen molar-refractivity contribution in [2.45, 2.75) is 31.7 Å². The standard InChI is InChI=1S/C19H21Cl2FN2O3S/c1-4-24(5-2)28(26,27)14-7-8-16(20)15(11-14)19(25)23-12(3)13-6-9-18(22)17(21)10-13/h6-12H,4-5H2,1-3H3,(H,23,25). The van der Waals surface area contributed by atoms with E-state index in [9.17, 15) is 17.6 Å². The predicted molar refractivity (Wildman–Crippen MR) is 109 cm³/mol. The molecule has 1 unspecified atom stereocenters. The molecule has 1 amide bonds. The number of halogens is 3. The lowest BCUT2D eigenvalue weighted by molar-refractivity contribution is 0.0940. The Kier molecular flexibility index (Phi) is 7.45. The van der Waals surface area contributed by atoms with Gasteiger partial charge in [0.1, 0.15) is 5.82 Å².